The van der Waals surface area contributed by atoms with Crippen LogP contribution in [0.1, 0.15) is 52.5 Å². The summed E-state index contributed by atoms with van der Waals surface area (Å²) in [5.74, 6) is -5.06. The van der Waals surface area contributed by atoms with E-state index in [2.05, 4.69) is 4.74 Å². The lowest BCUT2D eigenvalue weighted by Crippen LogP contribution is -2.60. The molecule has 0 amide bonds. The Labute approximate surface area is 361 Å². The maximum Gasteiger partial charge on any atom is 0.508 e. The van der Waals surface area contributed by atoms with E-state index in [0.717, 1.165) is 22.4 Å². The van der Waals surface area contributed by atoms with Gasteiger partial charge in [0.05, 0.1) is 41.7 Å². The summed E-state index contributed by atoms with van der Waals surface area (Å²) < 4.78 is 98.3. The number of halogens is 4. The minimum absolute atomic E-state index is 0.00747. The summed E-state index contributed by atoms with van der Waals surface area (Å²) in [5.41, 5.74) is 4.12. The lowest BCUT2D eigenvalue weighted by Gasteiger charge is -2.42. The number of alkyl halides is 4. The smallest absolute Gasteiger partial charge is 0.497 e. The van der Waals surface area contributed by atoms with Gasteiger partial charge in [0.25, 0.3) is 0 Å². The second-order valence-corrected chi connectivity index (χ2v) is 14.7. The highest BCUT2D eigenvalue weighted by atomic mass is 19.3. The molecule has 4 aromatic carbocycles. The zero-order chi connectivity index (χ0) is 46.1. The fourth-order valence-electron chi connectivity index (χ4n) is 7.19. The SMILES string of the molecule is CCOC(=O)OCC1OC(c2ccc(OC)c(Cc3ccc(OC)cc3)c2)C(O)C(O)C1(F)F.COc1ccc(Cc2cc(C3OC(CO)C(F)(F)C(O)C3O)ccc2OC)cc1. The van der Waals surface area contributed by atoms with E-state index in [1.165, 1.54) is 21.1 Å². The van der Waals surface area contributed by atoms with E-state index in [0.29, 0.717) is 46.8 Å². The Bertz CT molecular complexity index is 2080. The van der Waals surface area contributed by atoms with Crippen LogP contribution in [0.5, 0.6) is 23.0 Å². The second-order valence-electron chi connectivity index (χ2n) is 14.7. The van der Waals surface area contributed by atoms with Crippen LogP contribution in [0.4, 0.5) is 22.4 Å². The maximum atomic E-state index is 14.6. The van der Waals surface area contributed by atoms with E-state index in [1.54, 1.807) is 50.6 Å². The summed E-state index contributed by atoms with van der Waals surface area (Å²) in [4.78, 5) is 11.4. The van der Waals surface area contributed by atoms with Gasteiger partial charge in [-0.1, -0.05) is 36.4 Å². The second kappa shape index (κ2) is 21.4. The fourth-order valence-corrected chi connectivity index (χ4v) is 7.19. The van der Waals surface area contributed by atoms with E-state index in [4.69, 9.17) is 33.2 Å². The van der Waals surface area contributed by atoms with Crippen molar-refractivity contribution in [3.05, 3.63) is 118 Å². The molecular weight excluding hydrogens is 840 g/mol. The number of rotatable bonds is 14. The van der Waals surface area contributed by atoms with Gasteiger partial charge in [0.1, 0.15) is 72.3 Å². The molecule has 14 nitrogen and oxygen atoms in total. The molecule has 2 aliphatic rings. The molecule has 2 heterocycles. The van der Waals surface area contributed by atoms with Gasteiger partial charge in [-0.25, -0.2) is 22.4 Å². The molecule has 0 aromatic heterocycles. The number of methoxy groups -OCH3 is 4. The van der Waals surface area contributed by atoms with Crippen molar-refractivity contribution in [2.75, 3.05) is 48.3 Å². The van der Waals surface area contributed by atoms with Crippen molar-refractivity contribution in [1.29, 1.82) is 0 Å². The highest BCUT2D eigenvalue weighted by Gasteiger charge is 2.59. The van der Waals surface area contributed by atoms with Crippen molar-refractivity contribution in [2.24, 2.45) is 0 Å². The first-order chi connectivity index (χ1) is 30.0. The summed E-state index contributed by atoms with van der Waals surface area (Å²) in [7, 11) is 6.17. The van der Waals surface area contributed by atoms with E-state index in [9.17, 15) is 47.9 Å². The summed E-state index contributed by atoms with van der Waals surface area (Å²) in [6, 6.07) is 24.6. The van der Waals surface area contributed by atoms with Gasteiger partial charge in [-0.3, -0.25) is 0 Å². The standard InChI is InChI=1S/C24H28F2O8.C21H24F2O6/c1-4-32-23(29)33-13-19-24(25,26)22(28)20(27)21(34-19)15-7-10-18(31-3)16(12-15)11-14-5-8-17(30-2)9-6-14;1-27-15-6-3-12(4-7-15)9-14-10-13(5-8-16(14)28-2)19-18(25)20(26)21(22,23)17(11-24)29-19/h5-10,12,19-22,27-28H,4,11,13H2,1-3H3;3-8,10,17-20,24-26H,9,11H2,1-2H3. The van der Waals surface area contributed by atoms with Crippen LogP contribution < -0.4 is 18.9 Å². The van der Waals surface area contributed by atoms with Crippen LogP contribution in [-0.2, 0) is 31.8 Å². The van der Waals surface area contributed by atoms with Gasteiger partial charge in [0.2, 0.25) is 0 Å². The first kappa shape index (κ1) is 48.8. The molecule has 2 fully saturated rings. The van der Waals surface area contributed by atoms with E-state index < -0.39 is 80.0 Å². The highest BCUT2D eigenvalue weighted by molar-refractivity contribution is 5.59. The quantitative estimate of drug-likeness (QED) is 0.0805. The maximum absolute atomic E-state index is 14.6. The fraction of sp³-hybridized carbons (Fsp3) is 0.444. The van der Waals surface area contributed by atoms with E-state index >= 15 is 0 Å². The molecule has 8 atom stereocenters. The molecule has 2 saturated heterocycles. The molecule has 0 bridgehead atoms. The number of carbonyl (C=O) groups excluding carboxylic acids is 1. The van der Waals surface area contributed by atoms with Crippen LogP contribution in [-0.4, -0.2) is 128 Å². The molecule has 2 aliphatic heterocycles. The van der Waals surface area contributed by atoms with Gasteiger partial charge in [-0.05, 0) is 88.8 Å². The number of hydrogen-bond donors (Lipinski definition) is 5. The van der Waals surface area contributed by atoms with Gasteiger partial charge >= 0.3 is 18.0 Å². The Kier molecular flexibility index (Phi) is 16.6. The van der Waals surface area contributed by atoms with Crippen LogP contribution in [0.25, 0.3) is 0 Å². The Morgan fingerprint density at radius 3 is 1.40 bits per heavy atom. The van der Waals surface area contributed by atoms with Crippen molar-refractivity contribution in [1.82, 2.24) is 0 Å². The van der Waals surface area contributed by atoms with Crippen molar-refractivity contribution in [2.45, 2.75) is 80.4 Å². The first-order valence-electron chi connectivity index (χ1n) is 19.8. The topological polar surface area (TPSA) is 192 Å². The van der Waals surface area contributed by atoms with Crippen molar-refractivity contribution < 1.29 is 85.8 Å². The molecule has 6 rings (SSSR count). The lowest BCUT2D eigenvalue weighted by atomic mass is 9.89. The zero-order valence-electron chi connectivity index (χ0n) is 35.2. The summed E-state index contributed by atoms with van der Waals surface area (Å²) in [5, 5.41) is 49.9. The monoisotopic (exact) mass is 892 g/mol. The molecule has 0 radical (unpaired) electrons. The first-order valence-corrected chi connectivity index (χ1v) is 19.8. The Balaban J connectivity index is 0.000000240. The molecule has 344 valence electrons. The van der Waals surface area contributed by atoms with Crippen LogP contribution >= 0.6 is 0 Å². The number of carbonyl (C=O) groups is 1. The number of hydrogen-bond acceptors (Lipinski definition) is 14. The Morgan fingerprint density at radius 2 is 1.02 bits per heavy atom. The predicted octanol–water partition coefficient (Wildman–Crippen LogP) is 5.35. The van der Waals surface area contributed by atoms with E-state index in [1.807, 2.05) is 48.5 Å². The van der Waals surface area contributed by atoms with Crippen molar-refractivity contribution in [3.63, 3.8) is 0 Å². The number of aliphatic hydroxyl groups is 5. The van der Waals surface area contributed by atoms with Crippen molar-refractivity contribution in [3.8, 4) is 23.0 Å². The minimum Gasteiger partial charge on any atom is -0.497 e. The van der Waals surface area contributed by atoms with Crippen LogP contribution in [0, 0.1) is 0 Å². The lowest BCUT2D eigenvalue weighted by molar-refractivity contribution is -0.296. The van der Waals surface area contributed by atoms with Crippen LogP contribution in [0.2, 0.25) is 0 Å². The van der Waals surface area contributed by atoms with E-state index in [-0.39, 0.29) is 6.61 Å². The molecule has 0 saturated carbocycles. The van der Waals surface area contributed by atoms with Gasteiger partial charge in [-0.2, -0.15) is 0 Å². The predicted molar refractivity (Wildman–Crippen MR) is 217 cm³/mol. The average Bonchev–Trinajstić information content (AvgIpc) is 3.28. The molecule has 5 N–H and O–H groups in total. The normalized spacial score (nSPS) is 24.9. The summed E-state index contributed by atoms with van der Waals surface area (Å²) >= 11 is 0. The van der Waals surface area contributed by atoms with Crippen molar-refractivity contribution >= 4 is 6.16 Å². The Hall–Kier alpha value is -5.21. The van der Waals surface area contributed by atoms with Gasteiger partial charge < -0.3 is 63.4 Å². The third-order valence-corrected chi connectivity index (χ3v) is 10.7. The Morgan fingerprint density at radius 1 is 0.603 bits per heavy atom. The largest absolute Gasteiger partial charge is 0.508 e. The molecule has 63 heavy (non-hydrogen) atoms. The molecule has 8 unspecified atom stereocenters. The third kappa shape index (κ3) is 11.3. The minimum atomic E-state index is -3.86. The molecule has 0 aliphatic carbocycles. The average molecular weight is 893 g/mol. The van der Waals surface area contributed by atoms with Gasteiger partial charge in [0, 0.05) is 12.8 Å². The van der Waals surface area contributed by atoms with Crippen LogP contribution in [0.15, 0.2) is 84.9 Å². The number of aliphatic hydroxyl groups excluding tert-OH is 5. The van der Waals surface area contributed by atoms with Gasteiger partial charge in [0.15, 0.2) is 6.10 Å². The third-order valence-electron chi connectivity index (χ3n) is 10.7. The number of ether oxygens (including phenoxy) is 8. The number of benzene rings is 4. The zero-order valence-corrected chi connectivity index (χ0v) is 35.2. The van der Waals surface area contributed by atoms with Crippen LogP contribution in [0.3, 0.4) is 0 Å². The summed E-state index contributed by atoms with van der Waals surface area (Å²) in [6.07, 6.45) is -15.2. The molecule has 0 spiro atoms. The van der Waals surface area contributed by atoms with Gasteiger partial charge in [-0.15, -0.1) is 0 Å². The summed E-state index contributed by atoms with van der Waals surface area (Å²) in [6.45, 7) is -0.299. The molecule has 4 aromatic rings. The highest BCUT2D eigenvalue weighted by Crippen LogP contribution is 2.43. The molecular formula is C45H52F4O14. The molecule has 18 heteroatoms.